The molecule has 4 nitrogen and oxygen atoms in total. The molecule has 0 saturated carbocycles. The lowest BCUT2D eigenvalue weighted by atomic mass is 10.1. The summed E-state index contributed by atoms with van der Waals surface area (Å²) in [5.74, 6) is 0.530. The van der Waals surface area contributed by atoms with Gasteiger partial charge in [-0.25, -0.2) is 0 Å². The van der Waals surface area contributed by atoms with E-state index in [4.69, 9.17) is 0 Å². The fraction of sp³-hybridized carbons (Fsp3) is 0.0500. The maximum absolute atomic E-state index is 4.42. The number of hydrazone groups is 1. The van der Waals surface area contributed by atoms with Gasteiger partial charge in [0.1, 0.15) is 0 Å². The maximum Gasteiger partial charge on any atom is 0.201 e. The number of para-hydroxylation sites is 1. The van der Waals surface area contributed by atoms with Gasteiger partial charge in [0.2, 0.25) is 5.84 Å². The van der Waals surface area contributed by atoms with Gasteiger partial charge in [0.05, 0.1) is 11.4 Å². The standard InChI is InChI=1S/C20H18N4/c1-16-12-14-17(15-13-16)20(23-21-18-8-4-2-5-9-18)24-22-19-10-6-3-7-11-19/h2-15,21H,1H3/b23-20+,24-22?. The van der Waals surface area contributed by atoms with Gasteiger partial charge in [0.25, 0.3) is 0 Å². The Labute approximate surface area is 141 Å². The van der Waals surface area contributed by atoms with E-state index in [1.807, 2.05) is 91.9 Å². The summed E-state index contributed by atoms with van der Waals surface area (Å²) >= 11 is 0. The topological polar surface area (TPSA) is 49.1 Å². The Morgan fingerprint density at radius 1 is 0.750 bits per heavy atom. The molecule has 0 saturated heterocycles. The van der Waals surface area contributed by atoms with Crippen molar-refractivity contribution in [2.45, 2.75) is 6.92 Å². The first kappa shape index (κ1) is 15.6. The number of anilines is 1. The second kappa shape index (κ2) is 7.83. The molecular formula is C20H18N4. The average molecular weight is 314 g/mol. The van der Waals surface area contributed by atoms with Crippen molar-refractivity contribution >= 4 is 17.2 Å². The molecule has 0 bridgehead atoms. The summed E-state index contributed by atoms with van der Waals surface area (Å²) in [5.41, 5.74) is 6.81. The SMILES string of the molecule is Cc1ccc(/C(N=Nc2ccccc2)=N\Nc2ccccc2)cc1. The number of amidine groups is 1. The zero-order valence-electron chi connectivity index (χ0n) is 13.4. The number of hydrogen-bond donors (Lipinski definition) is 1. The fourth-order valence-corrected chi connectivity index (χ4v) is 2.08. The van der Waals surface area contributed by atoms with Crippen LogP contribution >= 0.6 is 0 Å². The normalized spacial score (nSPS) is 11.6. The van der Waals surface area contributed by atoms with E-state index >= 15 is 0 Å². The smallest absolute Gasteiger partial charge is 0.201 e. The summed E-state index contributed by atoms with van der Waals surface area (Å²) < 4.78 is 0. The number of benzene rings is 3. The predicted octanol–water partition coefficient (Wildman–Crippen LogP) is 5.55. The van der Waals surface area contributed by atoms with Crippen LogP contribution in [0.15, 0.2) is 100 Å². The monoisotopic (exact) mass is 314 g/mol. The van der Waals surface area contributed by atoms with Gasteiger partial charge in [0.15, 0.2) is 0 Å². The van der Waals surface area contributed by atoms with Crippen LogP contribution in [0.2, 0.25) is 0 Å². The summed E-state index contributed by atoms with van der Waals surface area (Å²) in [6, 6.07) is 27.4. The van der Waals surface area contributed by atoms with Gasteiger partial charge >= 0.3 is 0 Å². The van der Waals surface area contributed by atoms with Crippen LogP contribution in [0, 0.1) is 6.92 Å². The maximum atomic E-state index is 4.42. The van der Waals surface area contributed by atoms with Crippen LogP contribution < -0.4 is 5.43 Å². The van der Waals surface area contributed by atoms with E-state index in [9.17, 15) is 0 Å². The Hall–Kier alpha value is -3.27. The van der Waals surface area contributed by atoms with Crippen LogP contribution in [0.3, 0.4) is 0 Å². The average Bonchev–Trinajstić information content (AvgIpc) is 2.64. The summed E-state index contributed by atoms with van der Waals surface area (Å²) in [6.07, 6.45) is 0. The van der Waals surface area contributed by atoms with Crippen molar-refractivity contribution in [3.8, 4) is 0 Å². The van der Waals surface area contributed by atoms with Crippen LogP contribution in [-0.2, 0) is 0 Å². The molecule has 118 valence electrons. The van der Waals surface area contributed by atoms with E-state index in [2.05, 4.69) is 20.8 Å². The van der Waals surface area contributed by atoms with Gasteiger partial charge in [0, 0.05) is 5.56 Å². The molecule has 0 aliphatic heterocycles. The number of aryl methyl sites for hydroxylation is 1. The second-order valence-electron chi connectivity index (χ2n) is 5.31. The van der Waals surface area contributed by atoms with E-state index in [1.165, 1.54) is 5.56 Å². The minimum absolute atomic E-state index is 0.530. The highest BCUT2D eigenvalue weighted by Gasteiger charge is 2.03. The van der Waals surface area contributed by atoms with Gasteiger partial charge in [-0.3, -0.25) is 5.43 Å². The molecule has 0 aliphatic carbocycles. The molecule has 1 N–H and O–H groups in total. The van der Waals surface area contributed by atoms with Crippen molar-refractivity contribution < 1.29 is 0 Å². The van der Waals surface area contributed by atoms with Gasteiger partial charge < -0.3 is 0 Å². The van der Waals surface area contributed by atoms with Crippen LogP contribution in [0.4, 0.5) is 11.4 Å². The molecule has 0 aliphatic rings. The number of rotatable bonds is 4. The lowest BCUT2D eigenvalue weighted by Crippen LogP contribution is -2.01. The first-order valence-corrected chi connectivity index (χ1v) is 7.74. The second-order valence-corrected chi connectivity index (χ2v) is 5.31. The van der Waals surface area contributed by atoms with E-state index in [-0.39, 0.29) is 0 Å². The molecule has 0 unspecified atom stereocenters. The van der Waals surface area contributed by atoms with Crippen LogP contribution in [0.1, 0.15) is 11.1 Å². The van der Waals surface area contributed by atoms with Crippen LogP contribution in [0.5, 0.6) is 0 Å². The van der Waals surface area contributed by atoms with E-state index in [0.717, 1.165) is 16.9 Å². The summed E-state index contributed by atoms with van der Waals surface area (Å²) in [5, 5.41) is 13.0. The molecule has 3 aromatic rings. The van der Waals surface area contributed by atoms with Gasteiger partial charge in [-0.1, -0.05) is 66.2 Å². The van der Waals surface area contributed by atoms with Crippen molar-refractivity contribution in [3.63, 3.8) is 0 Å². The third-order valence-electron chi connectivity index (χ3n) is 3.39. The molecule has 24 heavy (non-hydrogen) atoms. The summed E-state index contributed by atoms with van der Waals surface area (Å²) in [6.45, 7) is 2.05. The molecule has 0 aromatic heterocycles. The molecule has 0 amide bonds. The molecule has 0 atom stereocenters. The zero-order valence-corrected chi connectivity index (χ0v) is 13.4. The van der Waals surface area contributed by atoms with Crippen molar-refractivity contribution in [1.29, 1.82) is 0 Å². The highest BCUT2D eigenvalue weighted by atomic mass is 15.3. The van der Waals surface area contributed by atoms with E-state index in [0.29, 0.717) is 5.84 Å². The number of nitrogens with one attached hydrogen (secondary N) is 1. The first-order chi connectivity index (χ1) is 11.8. The Bertz CT molecular complexity index is 823. The van der Waals surface area contributed by atoms with Gasteiger partial charge in [-0.15, -0.1) is 10.2 Å². The third kappa shape index (κ3) is 4.36. The molecule has 3 rings (SSSR count). The molecule has 0 heterocycles. The van der Waals surface area contributed by atoms with Crippen LogP contribution in [0.25, 0.3) is 0 Å². The molecular weight excluding hydrogens is 296 g/mol. The largest absolute Gasteiger partial charge is 0.276 e. The quantitative estimate of drug-likeness (QED) is 0.292. The number of azo groups is 1. The summed E-state index contributed by atoms with van der Waals surface area (Å²) in [7, 11) is 0. The Morgan fingerprint density at radius 2 is 1.38 bits per heavy atom. The lowest BCUT2D eigenvalue weighted by molar-refractivity contribution is 1.22. The highest BCUT2D eigenvalue weighted by Crippen LogP contribution is 2.14. The first-order valence-electron chi connectivity index (χ1n) is 7.74. The summed E-state index contributed by atoms with van der Waals surface area (Å²) in [4.78, 5) is 0. The Kier molecular flexibility index (Phi) is 5.10. The van der Waals surface area contributed by atoms with Crippen LogP contribution in [-0.4, -0.2) is 5.84 Å². The van der Waals surface area contributed by atoms with Crippen molar-refractivity contribution in [1.82, 2.24) is 0 Å². The fourth-order valence-electron chi connectivity index (χ4n) is 2.08. The molecule has 4 heteroatoms. The van der Waals surface area contributed by atoms with Crippen molar-refractivity contribution in [3.05, 3.63) is 96.1 Å². The minimum atomic E-state index is 0.530. The van der Waals surface area contributed by atoms with Crippen molar-refractivity contribution in [2.24, 2.45) is 15.3 Å². The van der Waals surface area contributed by atoms with Gasteiger partial charge in [-0.05, 0) is 31.2 Å². The Morgan fingerprint density at radius 3 is 2.04 bits per heavy atom. The Balaban J connectivity index is 1.88. The molecule has 0 spiro atoms. The number of nitrogens with zero attached hydrogens (tertiary/aromatic N) is 3. The van der Waals surface area contributed by atoms with Gasteiger partial charge in [-0.2, -0.15) is 5.10 Å². The third-order valence-corrected chi connectivity index (χ3v) is 3.39. The predicted molar refractivity (Wildman–Crippen MR) is 98.7 cm³/mol. The molecule has 3 aromatic carbocycles. The zero-order chi connectivity index (χ0) is 16.6. The lowest BCUT2D eigenvalue weighted by Gasteiger charge is -2.04. The minimum Gasteiger partial charge on any atom is -0.276 e. The van der Waals surface area contributed by atoms with Crippen molar-refractivity contribution in [2.75, 3.05) is 5.43 Å². The highest BCUT2D eigenvalue weighted by molar-refractivity contribution is 5.99. The van der Waals surface area contributed by atoms with E-state index in [1.54, 1.807) is 0 Å². The molecule has 0 fully saturated rings. The number of hydrogen-bond acceptors (Lipinski definition) is 3. The van der Waals surface area contributed by atoms with E-state index < -0.39 is 0 Å². The molecule has 0 radical (unpaired) electrons.